The topological polar surface area (TPSA) is 109 Å². The van der Waals surface area contributed by atoms with Gasteiger partial charge in [-0.2, -0.15) is 0 Å². The van der Waals surface area contributed by atoms with Gasteiger partial charge in [-0.05, 0) is 131 Å². The van der Waals surface area contributed by atoms with E-state index in [1.165, 1.54) is 10.5 Å². The fourth-order valence-corrected chi connectivity index (χ4v) is 7.45. The number of amides is 1. The van der Waals surface area contributed by atoms with Gasteiger partial charge in [0.05, 0.1) is 28.0 Å². The Morgan fingerprint density at radius 3 is 2.16 bits per heavy atom. The highest BCUT2D eigenvalue weighted by atomic mass is 32.2. The lowest BCUT2D eigenvalue weighted by atomic mass is 9.98. The molecule has 0 aliphatic rings. The molecule has 1 heterocycles. The number of nitrogen functional groups attached to an aromatic ring is 1. The molecule has 1 amide bonds. The molecule has 0 saturated carbocycles. The van der Waals surface area contributed by atoms with Crippen molar-refractivity contribution in [1.29, 1.82) is 0 Å². The molecule has 0 atom stereocenters. The number of ether oxygens (including phenoxy) is 3. The summed E-state index contributed by atoms with van der Waals surface area (Å²) >= 11 is 1.76. The maximum atomic E-state index is 13.0. The molecule has 1 aromatic heterocycles. The number of thioether (sulfide) groups is 1. The van der Waals surface area contributed by atoms with Crippen molar-refractivity contribution in [2.45, 2.75) is 96.6 Å². The Bertz CT molecular complexity index is 2410. The summed E-state index contributed by atoms with van der Waals surface area (Å²) in [6, 6.07) is 33.8. The molecule has 302 valence electrons. The minimum atomic E-state index is -0.628. The number of benzene rings is 5. The lowest BCUT2D eigenvalue weighted by molar-refractivity contribution is 0.00701. The zero-order valence-corrected chi connectivity index (χ0v) is 35.8. The Balaban J connectivity index is 1.16. The van der Waals surface area contributed by atoms with Gasteiger partial charge >= 0.3 is 12.1 Å². The van der Waals surface area contributed by atoms with E-state index in [4.69, 9.17) is 24.9 Å². The summed E-state index contributed by atoms with van der Waals surface area (Å²) in [5.74, 6) is 2.76. The van der Waals surface area contributed by atoms with Gasteiger partial charge in [-0.15, -0.1) is 11.8 Å². The van der Waals surface area contributed by atoms with Gasteiger partial charge in [-0.25, -0.2) is 14.6 Å². The number of carbonyl (C=O) groups excluding carboxylic acids is 2. The normalized spacial score (nSPS) is 11.7. The first-order valence-corrected chi connectivity index (χ1v) is 20.6. The molecule has 2 N–H and O–H groups in total. The van der Waals surface area contributed by atoms with Gasteiger partial charge in [0.2, 0.25) is 0 Å². The van der Waals surface area contributed by atoms with E-state index in [9.17, 15) is 9.59 Å². The molecule has 0 aliphatic carbocycles. The first-order valence-electron chi connectivity index (χ1n) is 19.7. The SMILES string of the molecule is CCCc1nc2c(C)cc(CSc3ccc(Oc4ccc(N)c(N(C)C(=O)OC(C)(C)C)c4)cc3)cc2n1Cc1ccc(-c2ccccc2C(=O)OC(C)(C)C)cc1. The summed E-state index contributed by atoms with van der Waals surface area (Å²) in [5.41, 5.74) is 14.0. The third kappa shape index (κ3) is 10.4. The largest absolute Gasteiger partial charge is 0.457 e. The van der Waals surface area contributed by atoms with Gasteiger partial charge < -0.3 is 24.5 Å². The molecule has 0 fully saturated rings. The molecule has 58 heavy (non-hydrogen) atoms. The van der Waals surface area contributed by atoms with Gasteiger partial charge in [0.15, 0.2) is 0 Å². The molecule has 0 aliphatic heterocycles. The molecule has 5 aromatic carbocycles. The second-order valence-electron chi connectivity index (χ2n) is 16.5. The highest BCUT2D eigenvalue weighted by Gasteiger charge is 2.23. The average Bonchev–Trinajstić information content (AvgIpc) is 3.51. The Labute approximate surface area is 346 Å². The van der Waals surface area contributed by atoms with Crippen LogP contribution in [0.5, 0.6) is 11.5 Å². The standard InChI is InChI=1S/C48H54N4O5S/c1-10-13-43-50-44-31(2)26-33(27-42(44)52(43)29-32-16-18-34(19-17-32)38-14-11-12-15-39(38)45(53)56-47(3,4)5)30-58-37-23-20-35(21-24-37)55-36-22-25-40(49)41(28-36)51(9)46(54)57-48(6,7)8/h11-12,14-28H,10,13,29-30,49H2,1-9H3. The van der Waals surface area contributed by atoms with E-state index in [0.717, 1.165) is 62.6 Å². The third-order valence-electron chi connectivity index (χ3n) is 9.30. The van der Waals surface area contributed by atoms with Crippen molar-refractivity contribution in [2.24, 2.45) is 0 Å². The van der Waals surface area contributed by atoms with Crippen molar-refractivity contribution >= 4 is 46.2 Å². The first kappa shape index (κ1) is 41.9. The molecule has 0 unspecified atom stereocenters. The summed E-state index contributed by atoms with van der Waals surface area (Å²) in [5, 5.41) is 0. The smallest absolute Gasteiger partial charge is 0.414 e. The van der Waals surface area contributed by atoms with Crippen molar-refractivity contribution in [3.05, 3.63) is 131 Å². The number of rotatable bonds is 12. The minimum absolute atomic E-state index is 0.327. The van der Waals surface area contributed by atoms with Gasteiger partial charge in [0, 0.05) is 36.7 Å². The number of aromatic nitrogens is 2. The molecule has 6 aromatic rings. The monoisotopic (exact) mass is 798 g/mol. The van der Waals surface area contributed by atoms with Crippen LogP contribution in [-0.2, 0) is 28.2 Å². The molecule has 6 rings (SSSR count). The summed E-state index contributed by atoms with van der Waals surface area (Å²) in [6.07, 6.45) is 1.38. The van der Waals surface area contributed by atoms with Crippen LogP contribution in [0.3, 0.4) is 0 Å². The van der Waals surface area contributed by atoms with Crippen LogP contribution in [0.25, 0.3) is 22.2 Å². The number of anilines is 2. The number of esters is 1. The van der Waals surface area contributed by atoms with E-state index in [0.29, 0.717) is 35.0 Å². The van der Waals surface area contributed by atoms with Crippen LogP contribution >= 0.6 is 11.8 Å². The summed E-state index contributed by atoms with van der Waals surface area (Å²) in [4.78, 5) is 33.3. The van der Waals surface area contributed by atoms with Gasteiger partial charge in [0.1, 0.15) is 28.5 Å². The summed E-state index contributed by atoms with van der Waals surface area (Å²) in [6.45, 7) is 16.1. The summed E-state index contributed by atoms with van der Waals surface area (Å²) in [7, 11) is 1.63. The molecule has 0 bridgehead atoms. The number of hydrogen-bond acceptors (Lipinski definition) is 8. The number of imidazole rings is 1. The Morgan fingerprint density at radius 2 is 1.48 bits per heavy atom. The third-order valence-corrected chi connectivity index (χ3v) is 10.4. The molecule has 9 nitrogen and oxygen atoms in total. The van der Waals surface area contributed by atoms with Crippen LogP contribution in [0.2, 0.25) is 0 Å². The molecule has 0 radical (unpaired) electrons. The number of aryl methyl sites for hydroxylation is 2. The van der Waals surface area contributed by atoms with E-state index < -0.39 is 17.3 Å². The van der Waals surface area contributed by atoms with Crippen LogP contribution in [0.1, 0.15) is 87.8 Å². The lowest BCUT2D eigenvalue weighted by Gasteiger charge is -2.25. The average molecular weight is 799 g/mol. The van der Waals surface area contributed by atoms with Crippen molar-refractivity contribution in [1.82, 2.24) is 9.55 Å². The number of carbonyl (C=O) groups is 2. The fraction of sp³-hybridized carbons (Fsp3) is 0.312. The second kappa shape index (κ2) is 17.4. The van der Waals surface area contributed by atoms with Gasteiger partial charge in [-0.1, -0.05) is 55.5 Å². The van der Waals surface area contributed by atoms with Crippen LogP contribution in [0.15, 0.2) is 108 Å². The predicted molar refractivity (Wildman–Crippen MR) is 236 cm³/mol. The molecular weight excluding hydrogens is 745 g/mol. The zero-order valence-electron chi connectivity index (χ0n) is 35.0. The Hall–Kier alpha value is -5.74. The first-order chi connectivity index (χ1) is 27.5. The van der Waals surface area contributed by atoms with Crippen LogP contribution in [0.4, 0.5) is 16.2 Å². The van der Waals surface area contributed by atoms with Gasteiger partial charge in [0.25, 0.3) is 0 Å². The number of nitrogens with two attached hydrogens (primary N) is 1. The molecular formula is C48H54N4O5S. The van der Waals surface area contributed by atoms with E-state index in [-0.39, 0.29) is 5.97 Å². The quantitative estimate of drug-likeness (QED) is 0.0740. The second-order valence-corrected chi connectivity index (χ2v) is 17.6. The van der Waals surface area contributed by atoms with Crippen molar-refractivity contribution in [2.75, 3.05) is 17.7 Å². The Kier molecular flexibility index (Phi) is 12.6. The van der Waals surface area contributed by atoms with Crippen LogP contribution < -0.4 is 15.4 Å². The van der Waals surface area contributed by atoms with Crippen LogP contribution in [-0.4, -0.2) is 39.9 Å². The lowest BCUT2D eigenvalue weighted by Crippen LogP contribution is -2.34. The van der Waals surface area contributed by atoms with E-state index >= 15 is 0 Å². The Morgan fingerprint density at radius 1 is 0.810 bits per heavy atom. The number of hydrogen-bond donors (Lipinski definition) is 1. The van der Waals surface area contributed by atoms with Crippen molar-refractivity contribution in [3.8, 4) is 22.6 Å². The fourth-order valence-electron chi connectivity index (χ4n) is 6.62. The highest BCUT2D eigenvalue weighted by molar-refractivity contribution is 7.98. The molecule has 10 heteroatoms. The molecule has 0 spiro atoms. The highest BCUT2D eigenvalue weighted by Crippen LogP contribution is 2.34. The van der Waals surface area contributed by atoms with Crippen molar-refractivity contribution < 1.29 is 23.8 Å². The predicted octanol–water partition coefficient (Wildman–Crippen LogP) is 12.0. The van der Waals surface area contributed by atoms with Gasteiger partial charge in [-0.3, -0.25) is 4.90 Å². The van der Waals surface area contributed by atoms with Crippen LogP contribution in [0, 0.1) is 6.92 Å². The minimum Gasteiger partial charge on any atom is -0.457 e. The molecule has 0 saturated heterocycles. The maximum Gasteiger partial charge on any atom is 0.414 e. The van der Waals surface area contributed by atoms with E-state index in [1.54, 1.807) is 37.0 Å². The van der Waals surface area contributed by atoms with Crippen molar-refractivity contribution in [3.63, 3.8) is 0 Å². The zero-order chi connectivity index (χ0) is 41.8. The van der Waals surface area contributed by atoms with E-state index in [1.807, 2.05) is 77.9 Å². The number of nitrogens with zero attached hydrogens (tertiary/aromatic N) is 3. The summed E-state index contributed by atoms with van der Waals surface area (Å²) < 4.78 is 19.7. The maximum absolute atomic E-state index is 13.0. The number of fused-ring (bicyclic) bond motifs is 1. The van der Waals surface area contributed by atoms with E-state index in [2.05, 4.69) is 66.9 Å².